The minimum absolute atomic E-state index is 0.249. The van der Waals surface area contributed by atoms with Crippen molar-refractivity contribution in [2.75, 3.05) is 27.0 Å². The first kappa shape index (κ1) is 16.8. The number of aromatic nitrogens is 1. The van der Waals surface area contributed by atoms with Crippen molar-refractivity contribution in [1.82, 2.24) is 5.32 Å². The highest BCUT2D eigenvalue weighted by molar-refractivity contribution is 8.02. The largest absolute Gasteiger partial charge is 0.375 e. The molecule has 0 bridgehead atoms. The normalized spacial score (nSPS) is 12.1. The molecule has 0 aliphatic rings. The van der Waals surface area contributed by atoms with Gasteiger partial charge >= 0.3 is 0 Å². The van der Waals surface area contributed by atoms with E-state index in [-0.39, 0.29) is 6.29 Å². The summed E-state index contributed by atoms with van der Waals surface area (Å²) < 4.78 is 12.6. The second-order valence-electron chi connectivity index (χ2n) is 4.87. The topological polar surface area (TPSA) is 34.4 Å². The van der Waals surface area contributed by atoms with E-state index in [0.717, 1.165) is 10.7 Å². The second-order valence-corrected chi connectivity index (χ2v) is 5.72. The second kappa shape index (κ2) is 8.17. The van der Waals surface area contributed by atoms with Gasteiger partial charge in [0.05, 0.1) is 11.6 Å². The standard InChI is InChI=1S/C17H22N2O2S/c1-19-14(10-9-13-7-5-6-8-15(13)19)11-16(22-4)18-12-17(20-2)21-3/h5-11,17H,12H2,1-4H3/p+1. The van der Waals surface area contributed by atoms with Crippen LogP contribution in [0.15, 0.2) is 41.4 Å². The summed E-state index contributed by atoms with van der Waals surface area (Å²) >= 11 is 1.67. The molecule has 0 unspecified atom stereocenters. The van der Waals surface area contributed by atoms with E-state index >= 15 is 0 Å². The maximum Gasteiger partial charge on any atom is 0.212 e. The number of fused-ring (bicyclic) bond motifs is 1. The van der Waals surface area contributed by atoms with Crippen LogP contribution in [0, 0.1) is 0 Å². The van der Waals surface area contributed by atoms with Crippen molar-refractivity contribution in [2.24, 2.45) is 7.05 Å². The van der Waals surface area contributed by atoms with Crippen molar-refractivity contribution in [1.29, 1.82) is 0 Å². The zero-order valence-corrected chi connectivity index (χ0v) is 14.3. The van der Waals surface area contributed by atoms with Gasteiger partial charge in [-0.25, -0.2) is 0 Å². The molecule has 1 aromatic heterocycles. The minimum Gasteiger partial charge on any atom is -0.375 e. The third kappa shape index (κ3) is 4.00. The lowest BCUT2D eigenvalue weighted by Crippen LogP contribution is -2.33. The highest BCUT2D eigenvalue weighted by atomic mass is 32.2. The number of nitrogens with zero attached hydrogens (tertiary/aromatic N) is 1. The molecule has 0 atom stereocenters. The summed E-state index contributed by atoms with van der Waals surface area (Å²) in [6.45, 7) is 0.608. The molecule has 0 saturated carbocycles. The quantitative estimate of drug-likeness (QED) is 0.628. The van der Waals surface area contributed by atoms with Crippen molar-refractivity contribution in [3.05, 3.63) is 47.1 Å². The van der Waals surface area contributed by atoms with Crippen LogP contribution in [0.25, 0.3) is 17.0 Å². The molecule has 2 aromatic rings. The van der Waals surface area contributed by atoms with Gasteiger partial charge in [0.25, 0.3) is 0 Å². The number of thioether (sulfide) groups is 1. The van der Waals surface area contributed by atoms with E-state index in [2.05, 4.69) is 65.7 Å². The Bertz CT molecular complexity index is 654. The number of rotatable bonds is 7. The molecule has 118 valence electrons. The minimum atomic E-state index is -0.249. The van der Waals surface area contributed by atoms with E-state index in [0.29, 0.717) is 6.54 Å². The Morgan fingerprint density at radius 2 is 1.95 bits per heavy atom. The van der Waals surface area contributed by atoms with Crippen molar-refractivity contribution in [3.8, 4) is 0 Å². The number of pyridine rings is 1. The smallest absolute Gasteiger partial charge is 0.212 e. The Hall–Kier alpha value is -1.56. The molecule has 0 fully saturated rings. The zero-order chi connectivity index (χ0) is 15.9. The van der Waals surface area contributed by atoms with E-state index < -0.39 is 0 Å². The molecule has 0 radical (unpaired) electrons. The van der Waals surface area contributed by atoms with Crippen LogP contribution < -0.4 is 9.88 Å². The van der Waals surface area contributed by atoms with Crippen LogP contribution in [-0.2, 0) is 16.5 Å². The third-order valence-corrected chi connectivity index (χ3v) is 4.29. The summed E-state index contributed by atoms with van der Waals surface area (Å²) in [7, 11) is 5.36. The Morgan fingerprint density at radius 1 is 1.23 bits per heavy atom. The molecule has 2 rings (SSSR count). The van der Waals surface area contributed by atoms with Gasteiger partial charge in [0.2, 0.25) is 11.2 Å². The molecular weight excluding hydrogens is 296 g/mol. The van der Waals surface area contributed by atoms with Gasteiger partial charge < -0.3 is 14.8 Å². The average molecular weight is 319 g/mol. The Kier molecular flexibility index (Phi) is 6.24. The molecule has 5 heteroatoms. The number of methoxy groups -OCH3 is 2. The zero-order valence-electron chi connectivity index (χ0n) is 13.5. The first-order chi connectivity index (χ1) is 10.7. The summed E-state index contributed by atoms with van der Waals surface area (Å²) in [6, 6.07) is 12.6. The maximum atomic E-state index is 5.20. The predicted octanol–water partition coefficient (Wildman–Crippen LogP) is 2.53. The van der Waals surface area contributed by atoms with Gasteiger partial charge in [0.15, 0.2) is 6.29 Å². The molecule has 1 N–H and O–H groups in total. The molecule has 1 aromatic carbocycles. The first-order valence-electron chi connectivity index (χ1n) is 7.12. The molecular formula is C17H23N2O2S+. The summed E-state index contributed by atoms with van der Waals surface area (Å²) in [5.41, 5.74) is 2.35. The number of aryl methyl sites for hydroxylation is 1. The van der Waals surface area contributed by atoms with Gasteiger partial charge in [-0.2, -0.15) is 4.57 Å². The van der Waals surface area contributed by atoms with Gasteiger partial charge in [0.1, 0.15) is 7.05 Å². The number of hydrogen-bond acceptors (Lipinski definition) is 4. The number of hydrogen-bond donors (Lipinski definition) is 1. The van der Waals surface area contributed by atoms with E-state index in [9.17, 15) is 0 Å². The van der Waals surface area contributed by atoms with E-state index in [1.54, 1.807) is 26.0 Å². The molecule has 0 amide bonds. The summed E-state index contributed by atoms with van der Waals surface area (Å²) in [4.78, 5) is 0. The SMILES string of the molecule is COC(CN/C(=C/c1ccc2ccccc2[n+]1C)SC)OC. The monoisotopic (exact) mass is 319 g/mol. The Balaban J connectivity index is 2.24. The lowest BCUT2D eigenvalue weighted by atomic mass is 10.2. The van der Waals surface area contributed by atoms with Crippen molar-refractivity contribution >= 4 is 28.7 Å². The van der Waals surface area contributed by atoms with Crippen LogP contribution in [0.3, 0.4) is 0 Å². The van der Waals surface area contributed by atoms with E-state index in [4.69, 9.17) is 9.47 Å². The lowest BCUT2D eigenvalue weighted by Gasteiger charge is -2.15. The fraction of sp³-hybridized carbons (Fsp3) is 0.353. The first-order valence-corrected chi connectivity index (χ1v) is 8.35. The molecule has 0 aliphatic carbocycles. The Morgan fingerprint density at radius 3 is 2.64 bits per heavy atom. The van der Waals surface area contributed by atoms with Crippen LogP contribution >= 0.6 is 11.8 Å². The lowest BCUT2D eigenvalue weighted by molar-refractivity contribution is -0.646. The fourth-order valence-corrected chi connectivity index (χ4v) is 2.73. The highest BCUT2D eigenvalue weighted by Crippen LogP contribution is 2.15. The Labute approximate surface area is 136 Å². The van der Waals surface area contributed by atoms with Crippen LogP contribution in [0.5, 0.6) is 0 Å². The molecule has 22 heavy (non-hydrogen) atoms. The van der Waals surface area contributed by atoms with Crippen LogP contribution in [0.1, 0.15) is 5.69 Å². The highest BCUT2D eigenvalue weighted by Gasteiger charge is 2.11. The van der Waals surface area contributed by atoms with Crippen LogP contribution in [-0.4, -0.2) is 33.3 Å². The van der Waals surface area contributed by atoms with E-state index in [1.165, 1.54) is 10.9 Å². The molecule has 0 saturated heterocycles. The number of nitrogens with one attached hydrogen (secondary N) is 1. The van der Waals surface area contributed by atoms with Gasteiger partial charge in [-0.05, 0) is 18.4 Å². The van der Waals surface area contributed by atoms with Crippen LogP contribution in [0.4, 0.5) is 0 Å². The van der Waals surface area contributed by atoms with Crippen molar-refractivity contribution < 1.29 is 14.0 Å². The number of para-hydroxylation sites is 1. The summed E-state index contributed by atoms with van der Waals surface area (Å²) in [5.74, 6) is 0. The molecule has 1 heterocycles. The van der Waals surface area contributed by atoms with Crippen LogP contribution in [0.2, 0.25) is 0 Å². The third-order valence-electron chi connectivity index (χ3n) is 3.59. The van der Waals surface area contributed by atoms with Gasteiger partial charge in [-0.3, -0.25) is 0 Å². The predicted molar refractivity (Wildman–Crippen MR) is 92.4 cm³/mol. The summed E-state index contributed by atoms with van der Waals surface area (Å²) in [5, 5.41) is 5.67. The van der Waals surface area contributed by atoms with Crippen molar-refractivity contribution in [3.63, 3.8) is 0 Å². The fourth-order valence-electron chi connectivity index (χ4n) is 2.27. The van der Waals surface area contributed by atoms with Gasteiger partial charge in [-0.15, -0.1) is 11.8 Å². The van der Waals surface area contributed by atoms with Gasteiger partial charge in [0, 0.05) is 37.8 Å². The van der Waals surface area contributed by atoms with Gasteiger partial charge in [-0.1, -0.05) is 12.1 Å². The van der Waals surface area contributed by atoms with Crippen molar-refractivity contribution in [2.45, 2.75) is 6.29 Å². The average Bonchev–Trinajstić information content (AvgIpc) is 2.57. The number of ether oxygens (including phenoxy) is 2. The molecule has 4 nitrogen and oxygen atoms in total. The maximum absolute atomic E-state index is 5.20. The van der Waals surface area contributed by atoms with E-state index in [1.807, 2.05) is 0 Å². The molecule has 0 spiro atoms. The summed E-state index contributed by atoms with van der Waals surface area (Å²) in [6.07, 6.45) is 3.94. The molecule has 0 aliphatic heterocycles. The number of benzene rings is 1.